The number of para-hydroxylation sites is 1. The lowest BCUT2D eigenvalue weighted by Gasteiger charge is -1.98. The van der Waals surface area contributed by atoms with Crippen molar-refractivity contribution in [1.82, 2.24) is 4.98 Å². The van der Waals surface area contributed by atoms with E-state index in [1.54, 1.807) is 0 Å². The van der Waals surface area contributed by atoms with Gasteiger partial charge in [0.1, 0.15) is 5.52 Å². The van der Waals surface area contributed by atoms with E-state index in [0.29, 0.717) is 0 Å². The highest BCUT2D eigenvalue weighted by Crippen LogP contribution is 2.23. The topological polar surface area (TPSA) is 26.0 Å². The number of hydrogen-bond acceptors (Lipinski definition) is 2. The molecule has 0 aliphatic rings. The van der Waals surface area contributed by atoms with Crippen LogP contribution < -0.4 is 0 Å². The molecule has 2 rings (SSSR count). The van der Waals surface area contributed by atoms with Crippen LogP contribution in [-0.4, -0.2) is 4.98 Å². The number of fused-ring (bicyclic) bond motifs is 1. The van der Waals surface area contributed by atoms with Crippen LogP contribution >= 0.6 is 11.6 Å². The van der Waals surface area contributed by atoms with Gasteiger partial charge in [0.05, 0.1) is 0 Å². The van der Waals surface area contributed by atoms with Crippen LogP contribution in [0.15, 0.2) is 22.6 Å². The van der Waals surface area contributed by atoms with Crippen molar-refractivity contribution >= 4 is 22.7 Å². The zero-order valence-electron chi connectivity index (χ0n) is 8.09. The van der Waals surface area contributed by atoms with Crippen molar-refractivity contribution in [1.29, 1.82) is 0 Å². The van der Waals surface area contributed by atoms with E-state index < -0.39 is 0 Å². The average molecular weight is 210 g/mol. The molecular formula is C11H12ClNO. The summed E-state index contributed by atoms with van der Waals surface area (Å²) in [6, 6.07) is 5.95. The Kier molecular flexibility index (Phi) is 2.73. The molecule has 0 amide bonds. The summed E-state index contributed by atoms with van der Waals surface area (Å²) in [6.07, 6.45) is 3.39. The van der Waals surface area contributed by atoms with Crippen LogP contribution in [0, 0.1) is 0 Å². The number of aromatic nitrogens is 1. The predicted molar refractivity (Wildman–Crippen MR) is 57.6 cm³/mol. The standard InChI is InChI=1S/C11H12ClNO/c1-2-3-5-8-6-4-7-9-10(8)13-11(12)14-9/h4,6-7H,2-3,5H2,1H3. The third-order valence-corrected chi connectivity index (χ3v) is 2.44. The van der Waals surface area contributed by atoms with E-state index in [1.807, 2.05) is 12.1 Å². The van der Waals surface area contributed by atoms with Crippen molar-refractivity contribution < 1.29 is 4.42 Å². The molecule has 0 unspecified atom stereocenters. The number of halogens is 1. The first-order valence-corrected chi connectivity index (χ1v) is 5.23. The Bertz CT molecular complexity index is 436. The first-order chi connectivity index (χ1) is 6.81. The van der Waals surface area contributed by atoms with Gasteiger partial charge in [-0.2, -0.15) is 4.98 Å². The Labute approximate surface area is 87.9 Å². The molecule has 0 saturated heterocycles. The molecule has 1 aromatic carbocycles. The highest BCUT2D eigenvalue weighted by Gasteiger charge is 2.07. The third-order valence-electron chi connectivity index (χ3n) is 2.28. The van der Waals surface area contributed by atoms with Crippen LogP contribution in [0.25, 0.3) is 11.1 Å². The highest BCUT2D eigenvalue weighted by atomic mass is 35.5. The van der Waals surface area contributed by atoms with Crippen molar-refractivity contribution in [3.8, 4) is 0 Å². The van der Waals surface area contributed by atoms with Gasteiger partial charge in [0.2, 0.25) is 0 Å². The molecule has 0 spiro atoms. The first-order valence-electron chi connectivity index (χ1n) is 4.85. The lowest BCUT2D eigenvalue weighted by Crippen LogP contribution is -1.85. The molecule has 74 valence electrons. The maximum atomic E-state index is 5.71. The molecule has 0 fully saturated rings. The molecule has 0 saturated carbocycles. The van der Waals surface area contributed by atoms with Crippen molar-refractivity contribution in [3.63, 3.8) is 0 Å². The minimum atomic E-state index is 0.226. The fraction of sp³-hybridized carbons (Fsp3) is 0.364. The summed E-state index contributed by atoms with van der Waals surface area (Å²) in [5, 5.41) is 0.226. The number of hydrogen-bond donors (Lipinski definition) is 0. The number of rotatable bonds is 3. The number of benzene rings is 1. The Morgan fingerprint density at radius 1 is 1.43 bits per heavy atom. The molecule has 0 N–H and O–H groups in total. The highest BCUT2D eigenvalue weighted by molar-refractivity contribution is 6.28. The largest absolute Gasteiger partial charge is 0.428 e. The zero-order valence-corrected chi connectivity index (χ0v) is 8.84. The number of aryl methyl sites for hydroxylation is 1. The molecular weight excluding hydrogens is 198 g/mol. The quantitative estimate of drug-likeness (QED) is 0.768. The van der Waals surface area contributed by atoms with E-state index >= 15 is 0 Å². The van der Waals surface area contributed by atoms with Gasteiger partial charge < -0.3 is 4.42 Å². The van der Waals surface area contributed by atoms with Crippen LogP contribution in [0.1, 0.15) is 25.3 Å². The average Bonchev–Trinajstić information content (AvgIpc) is 2.55. The Hall–Kier alpha value is -1.02. The lowest BCUT2D eigenvalue weighted by atomic mass is 10.1. The lowest BCUT2D eigenvalue weighted by molar-refractivity contribution is 0.604. The van der Waals surface area contributed by atoms with E-state index in [2.05, 4.69) is 18.0 Å². The summed E-state index contributed by atoms with van der Waals surface area (Å²) >= 11 is 5.71. The van der Waals surface area contributed by atoms with Crippen LogP contribution in [0.2, 0.25) is 5.35 Å². The smallest absolute Gasteiger partial charge is 0.293 e. The van der Waals surface area contributed by atoms with Crippen LogP contribution in [0.5, 0.6) is 0 Å². The summed E-state index contributed by atoms with van der Waals surface area (Å²) in [4.78, 5) is 4.16. The molecule has 2 nitrogen and oxygen atoms in total. The van der Waals surface area contributed by atoms with Gasteiger partial charge in [0.25, 0.3) is 5.35 Å². The zero-order chi connectivity index (χ0) is 9.97. The van der Waals surface area contributed by atoms with Crippen LogP contribution in [0.3, 0.4) is 0 Å². The van der Waals surface area contributed by atoms with E-state index in [4.69, 9.17) is 16.0 Å². The molecule has 0 aliphatic carbocycles. The Balaban J connectivity index is 2.42. The van der Waals surface area contributed by atoms with Gasteiger partial charge in [-0.05, 0) is 36.1 Å². The summed E-state index contributed by atoms with van der Waals surface area (Å²) < 4.78 is 5.24. The van der Waals surface area contributed by atoms with Gasteiger partial charge in [-0.15, -0.1) is 0 Å². The number of nitrogens with zero attached hydrogens (tertiary/aromatic N) is 1. The van der Waals surface area contributed by atoms with Crippen molar-refractivity contribution in [2.75, 3.05) is 0 Å². The van der Waals surface area contributed by atoms with E-state index in [1.165, 1.54) is 18.4 Å². The molecule has 0 atom stereocenters. The molecule has 2 aromatic rings. The van der Waals surface area contributed by atoms with Gasteiger partial charge in [-0.1, -0.05) is 25.5 Å². The molecule has 0 aliphatic heterocycles. The predicted octanol–water partition coefficient (Wildman–Crippen LogP) is 3.82. The monoisotopic (exact) mass is 209 g/mol. The number of unbranched alkanes of at least 4 members (excludes halogenated alkanes) is 1. The van der Waals surface area contributed by atoms with E-state index in [9.17, 15) is 0 Å². The fourth-order valence-electron chi connectivity index (χ4n) is 1.55. The second-order valence-electron chi connectivity index (χ2n) is 3.33. The molecule has 1 aromatic heterocycles. The fourth-order valence-corrected chi connectivity index (χ4v) is 1.72. The third kappa shape index (κ3) is 1.75. The minimum absolute atomic E-state index is 0.226. The van der Waals surface area contributed by atoms with Crippen LogP contribution in [0.4, 0.5) is 0 Å². The minimum Gasteiger partial charge on any atom is -0.428 e. The second kappa shape index (κ2) is 4.01. The summed E-state index contributed by atoms with van der Waals surface area (Å²) in [5.41, 5.74) is 2.91. The normalized spacial score (nSPS) is 11.0. The Morgan fingerprint density at radius 3 is 3.07 bits per heavy atom. The van der Waals surface area contributed by atoms with Crippen molar-refractivity contribution in [2.45, 2.75) is 26.2 Å². The van der Waals surface area contributed by atoms with Gasteiger partial charge in [-0.3, -0.25) is 0 Å². The van der Waals surface area contributed by atoms with Crippen molar-refractivity contribution in [3.05, 3.63) is 29.1 Å². The van der Waals surface area contributed by atoms with Gasteiger partial charge in [0.15, 0.2) is 5.58 Å². The van der Waals surface area contributed by atoms with Crippen LogP contribution in [-0.2, 0) is 6.42 Å². The number of oxazole rings is 1. The summed E-state index contributed by atoms with van der Waals surface area (Å²) in [6.45, 7) is 2.18. The molecule has 0 bridgehead atoms. The maximum Gasteiger partial charge on any atom is 0.293 e. The first kappa shape index (κ1) is 9.53. The van der Waals surface area contributed by atoms with Crippen molar-refractivity contribution in [2.24, 2.45) is 0 Å². The second-order valence-corrected chi connectivity index (χ2v) is 3.66. The molecule has 14 heavy (non-hydrogen) atoms. The maximum absolute atomic E-state index is 5.71. The molecule has 1 heterocycles. The molecule has 0 radical (unpaired) electrons. The van der Waals surface area contributed by atoms with E-state index in [-0.39, 0.29) is 5.35 Å². The Morgan fingerprint density at radius 2 is 2.29 bits per heavy atom. The van der Waals surface area contributed by atoms with Gasteiger partial charge in [0, 0.05) is 0 Å². The SMILES string of the molecule is CCCCc1cccc2oc(Cl)nc12. The van der Waals surface area contributed by atoms with E-state index in [0.717, 1.165) is 17.5 Å². The van der Waals surface area contributed by atoms with Gasteiger partial charge >= 0.3 is 0 Å². The summed E-state index contributed by atoms with van der Waals surface area (Å²) in [5.74, 6) is 0. The van der Waals surface area contributed by atoms with Gasteiger partial charge in [-0.25, -0.2) is 0 Å². The molecule has 3 heteroatoms. The summed E-state index contributed by atoms with van der Waals surface area (Å²) in [7, 11) is 0.